The summed E-state index contributed by atoms with van der Waals surface area (Å²) in [5, 5.41) is 1.10. The van der Waals surface area contributed by atoms with Crippen molar-refractivity contribution >= 4 is 21.6 Å². The van der Waals surface area contributed by atoms with Crippen molar-refractivity contribution in [1.29, 1.82) is 0 Å². The number of hydrazine groups is 1. The van der Waals surface area contributed by atoms with E-state index in [9.17, 15) is 0 Å². The molecule has 0 aliphatic heterocycles. The molecular weight excluding hydrogens is 282 g/mol. The molecule has 0 saturated carbocycles. The predicted molar refractivity (Wildman–Crippen MR) is 89.4 cm³/mol. The van der Waals surface area contributed by atoms with Gasteiger partial charge in [-0.15, -0.1) is 11.3 Å². The van der Waals surface area contributed by atoms with E-state index in [4.69, 9.17) is 15.6 Å². The molecule has 0 aliphatic carbocycles. The summed E-state index contributed by atoms with van der Waals surface area (Å²) in [4.78, 5) is 4.71. The zero-order valence-corrected chi connectivity index (χ0v) is 13.9. The molecule has 0 bridgehead atoms. The van der Waals surface area contributed by atoms with Crippen LogP contribution in [0.3, 0.4) is 0 Å². The molecule has 0 fully saturated rings. The van der Waals surface area contributed by atoms with Crippen LogP contribution in [0.15, 0.2) is 24.3 Å². The third-order valence-electron chi connectivity index (χ3n) is 4.18. The molecule has 0 amide bonds. The van der Waals surface area contributed by atoms with Crippen molar-refractivity contribution in [2.75, 3.05) is 6.61 Å². The maximum absolute atomic E-state index is 6.06. The van der Waals surface area contributed by atoms with Crippen molar-refractivity contribution in [3.63, 3.8) is 0 Å². The second-order valence-corrected chi connectivity index (χ2v) is 6.32. The van der Waals surface area contributed by atoms with Crippen LogP contribution >= 0.6 is 11.3 Å². The lowest BCUT2D eigenvalue weighted by Gasteiger charge is -2.38. The number of rotatable bonds is 8. The number of nitrogens with one attached hydrogen (secondary N) is 1. The second-order valence-electron chi connectivity index (χ2n) is 5.20. The van der Waals surface area contributed by atoms with Gasteiger partial charge >= 0.3 is 0 Å². The van der Waals surface area contributed by atoms with Gasteiger partial charge in [-0.05, 0) is 31.9 Å². The number of fused-ring (bicyclic) bond motifs is 1. The van der Waals surface area contributed by atoms with Crippen LogP contribution < -0.4 is 11.3 Å². The highest BCUT2D eigenvalue weighted by Crippen LogP contribution is 2.29. The maximum atomic E-state index is 6.06. The van der Waals surface area contributed by atoms with Gasteiger partial charge in [-0.2, -0.15) is 0 Å². The number of benzene rings is 1. The van der Waals surface area contributed by atoms with Gasteiger partial charge in [0.25, 0.3) is 0 Å². The molecule has 3 N–H and O–H groups in total. The number of hydrogen-bond acceptors (Lipinski definition) is 5. The summed E-state index contributed by atoms with van der Waals surface area (Å²) < 4.78 is 7.28. The molecule has 116 valence electrons. The molecule has 1 aromatic carbocycles. The van der Waals surface area contributed by atoms with E-state index >= 15 is 0 Å². The van der Waals surface area contributed by atoms with Crippen LogP contribution in [0, 0.1) is 0 Å². The molecule has 2 aromatic rings. The van der Waals surface area contributed by atoms with Gasteiger partial charge in [-0.1, -0.05) is 26.0 Å². The van der Waals surface area contributed by atoms with Gasteiger partial charge in [0.05, 0.1) is 26.9 Å². The summed E-state index contributed by atoms with van der Waals surface area (Å²) in [6.07, 6.45) is 2.64. The average molecular weight is 307 g/mol. The molecule has 1 heterocycles. The lowest BCUT2D eigenvalue weighted by atomic mass is 9.86. The Hall–Kier alpha value is -1.01. The number of thiazole rings is 1. The van der Waals surface area contributed by atoms with Crippen LogP contribution in [0.2, 0.25) is 0 Å². The van der Waals surface area contributed by atoms with E-state index in [1.807, 2.05) is 19.1 Å². The molecule has 4 nitrogen and oxygen atoms in total. The first-order valence-electron chi connectivity index (χ1n) is 7.63. The average Bonchev–Trinajstić information content (AvgIpc) is 2.93. The molecule has 1 aromatic heterocycles. The van der Waals surface area contributed by atoms with Gasteiger partial charge in [-0.3, -0.25) is 11.3 Å². The third kappa shape index (κ3) is 3.43. The number of para-hydroxylation sites is 1. The first-order valence-corrected chi connectivity index (χ1v) is 8.45. The third-order valence-corrected chi connectivity index (χ3v) is 5.24. The lowest BCUT2D eigenvalue weighted by molar-refractivity contribution is -0.0719. The monoisotopic (exact) mass is 307 g/mol. The van der Waals surface area contributed by atoms with Gasteiger partial charge in [0.1, 0.15) is 0 Å². The Kier molecular flexibility index (Phi) is 5.70. The fraction of sp³-hybridized carbons (Fsp3) is 0.562. The normalized spacial score (nSPS) is 13.7. The topological polar surface area (TPSA) is 60.2 Å². The maximum Gasteiger partial charge on any atom is 0.0955 e. The van der Waals surface area contributed by atoms with Gasteiger partial charge in [0.15, 0.2) is 0 Å². The minimum absolute atomic E-state index is 0.0630. The highest BCUT2D eigenvalue weighted by Gasteiger charge is 2.36. The Morgan fingerprint density at radius 1 is 1.29 bits per heavy atom. The lowest BCUT2D eigenvalue weighted by Crippen LogP contribution is -2.55. The summed E-state index contributed by atoms with van der Waals surface area (Å²) in [5.74, 6) is 5.83. The zero-order valence-electron chi connectivity index (χ0n) is 13.1. The van der Waals surface area contributed by atoms with Crippen molar-refractivity contribution in [2.45, 2.75) is 51.7 Å². The van der Waals surface area contributed by atoms with E-state index in [1.165, 1.54) is 4.70 Å². The molecule has 1 unspecified atom stereocenters. The van der Waals surface area contributed by atoms with Crippen molar-refractivity contribution in [3.8, 4) is 0 Å². The van der Waals surface area contributed by atoms with E-state index in [-0.39, 0.29) is 11.6 Å². The molecule has 0 aliphatic rings. The minimum atomic E-state index is -0.235. The smallest absolute Gasteiger partial charge is 0.0955 e. The Morgan fingerprint density at radius 3 is 2.57 bits per heavy atom. The molecule has 0 saturated heterocycles. The number of ether oxygens (including phenoxy) is 1. The number of nitrogens with zero attached hydrogens (tertiary/aromatic N) is 1. The Bertz CT molecular complexity index is 532. The molecule has 21 heavy (non-hydrogen) atoms. The van der Waals surface area contributed by atoms with Crippen molar-refractivity contribution in [3.05, 3.63) is 29.3 Å². The second kappa shape index (κ2) is 7.31. The zero-order chi connectivity index (χ0) is 15.3. The van der Waals surface area contributed by atoms with Crippen LogP contribution in [0.1, 0.15) is 38.6 Å². The molecule has 1 atom stereocenters. The summed E-state index contributed by atoms with van der Waals surface area (Å²) in [7, 11) is 0. The number of aromatic nitrogens is 1. The van der Waals surface area contributed by atoms with E-state index in [0.717, 1.165) is 29.8 Å². The van der Waals surface area contributed by atoms with Gasteiger partial charge in [0.2, 0.25) is 0 Å². The number of nitrogens with two attached hydrogens (primary N) is 1. The van der Waals surface area contributed by atoms with Gasteiger partial charge in [-0.25, -0.2) is 4.98 Å². The van der Waals surface area contributed by atoms with Crippen LogP contribution in [0.5, 0.6) is 0 Å². The van der Waals surface area contributed by atoms with Gasteiger partial charge in [0, 0.05) is 13.0 Å². The standard InChI is InChI=1S/C16H25N3OS/c1-4-16(5-2,20-6-3)14(19-17)11-15-18-12-9-7-8-10-13(12)21-15/h7-10,14,19H,4-6,11,17H2,1-3H3. The summed E-state index contributed by atoms with van der Waals surface area (Å²) in [5.41, 5.74) is 3.79. The van der Waals surface area contributed by atoms with Gasteiger partial charge < -0.3 is 4.74 Å². The van der Waals surface area contributed by atoms with E-state index in [1.54, 1.807) is 11.3 Å². The summed E-state index contributed by atoms with van der Waals surface area (Å²) >= 11 is 1.73. The molecule has 0 spiro atoms. The van der Waals surface area contributed by atoms with E-state index < -0.39 is 0 Å². The quantitative estimate of drug-likeness (QED) is 0.580. The largest absolute Gasteiger partial charge is 0.374 e. The Balaban J connectivity index is 2.24. The fourth-order valence-electron chi connectivity index (χ4n) is 2.91. The van der Waals surface area contributed by atoms with Crippen LogP contribution in [0.25, 0.3) is 10.2 Å². The van der Waals surface area contributed by atoms with Crippen LogP contribution in [-0.2, 0) is 11.2 Å². The summed E-state index contributed by atoms with van der Waals surface area (Å²) in [6.45, 7) is 7.04. The molecular formula is C16H25N3OS. The fourth-order valence-corrected chi connectivity index (χ4v) is 3.93. The highest BCUT2D eigenvalue weighted by molar-refractivity contribution is 7.18. The minimum Gasteiger partial charge on any atom is -0.374 e. The van der Waals surface area contributed by atoms with Crippen molar-refractivity contribution in [1.82, 2.24) is 10.4 Å². The SMILES string of the molecule is CCOC(CC)(CC)C(Cc1nc2ccccc2s1)NN. The summed E-state index contributed by atoms with van der Waals surface area (Å²) in [6, 6.07) is 8.29. The van der Waals surface area contributed by atoms with Crippen molar-refractivity contribution < 1.29 is 4.74 Å². The highest BCUT2D eigenvalue weighted by atomic mass is 32.1. The Morgan fingerprint density at radius 2 is 2.00 bits per heavy atom. The van der Waals surface area contributed by atoms with Crippen LogP contribution in [0.4, 0.5) is 0 Å². The van der Waals surface area contributed by atoms with E-state index in [0.29, 0.717) is 6.61 Å². The Labute approximate surface area is 130 Å². The van der Waals surface area contributed by atoms with Crippen LogP contribution in [-0.4, -0.2) is 23.2 Å². The predicted octanol–water partition coefficient (Wildman–Crippen LogP) is 3.27. The molecule has 0 radical (unpaired) electrons. The molecule has 5 heteroatoms. The van der Waals surface area contributed by atoms with Crippen molar-refractivity contribution in [2.24, 2.45) is 5.84 Å². The van der Waals surface area contributed by atoms with E-state index in [2.05, 4.69) is 31.4 Å². The first-order chi connectivity index (χ1) is 10.2. The molecule has 2 rings (SSSR count). The number of hydrogen-bond donors (Lipinski definition) is 2. The first kappa shape index (κ1) is 16.4.